The van der Waals surface area contributed by atoms with Gasteiger partial charge < -0.3 is 16.2 Å². The molecule has 0 spiro atoms. The van der Waals surface area contributed by atoms with Gasteiger partial charge in [-0.3, -0.25) is 4.79 Å². The molecule has 1 aliphatic carbocycles. The van der Waals surface area contributed by atoms with Crippen LogP contribution in [0, 0.1) is 0 Å². The van der Waals surface area contributed by atoms with Crippen molar-refractivity contribution in [2.24, 2.45) is 11.5 Å². The molecule has 0 bridgehead atoms. The van der Waals surface area contributed by atoms with Crippen molar-refractivity contribution in [3.05, 3.63) is 23.9 Å². The van der Waals surface area contributed by atoms with E-state index in [0.717, 1.165) is 25.7 Å². The molecule has 5 nitrogen and oxygen atoms in total. The van der Waals surface area contributed by atoms with Gasteiger partial charge in [0.05, 0.1) is 5.54 Å². The Hall–Kier alpha value is -1.62. The average molecular weight is 263 g/mol. The molecule has 0 atom stereocenters. The van der Waals surface area contributed by atoms with E-state index in [1.807, 2.05) is 0 Å². The van der Waals surface area contributed by atoms with Crippen LogP contribution in [0.5, 0.6) is 5.88 Å². The molecule has 19 heavy (non-hydrogen) atoms. The van der Waals surface area contributed by atoms with E-state index < -0.39 is 5.91 Å². The van der Waals surface area contributed by atoms with Gasteiger partial charge in [-0.05, 0) is 18.9 Å². The standard InChI is InChI=1S/C14H21N3O2/c15-13(18)11-5-8-17-12(9-11)19-10-14(16)6-3-1-2-4-7-14/h5,8-9H,1-4,6-7,10,16H2,(H2,15,18). The normalized spacial score (nSPS) is 18.6. The molecule has 1 amide bonds. The number of nitrogens with two attached hydrogens (primary N) is 2. The van der Waals surface area contributed by atoms with Crippen LogP contribution in [0.4, 0.5) is 0 Å². The highest BCUT2D eigenvalue weighted by Crippen LogP contribution is 2.25. The molecule has 0 unspecified atom stereocenters. The molecule has 1 saturated carbocycles. The Morgan fingerprint density at radius 3 is 2.63 bits per heavy atom. The van der Waals surface area contributed by atoms with Crippen LogP contribution >= 0.6 is 0 Å². The number of rotatable bonds is 4. The number of carbonyl (C=O) groups excluding carboxylic acids is 1. The van der Waals surface area contributed by atoms with Crippen molar-refractivity contribution in [2.75, 3.05) is 6.61 Å². The summed E-state index contributed by atoms with van der Waals surface area (Å²) in [6.45, 7) is 0.433. The van der Waals surface area contributed by atoms with Crippen LogP contribution in [0.15, 0.2) is 18.3 Å². The van der Waals surface area contributed by atoms with Gasteiger partial charge in [-0.1, -0.05) is 25.7 Å². The summed E-state index contributed by atoms with van der Waals surface area (Å²) < 4.78 is 5.65. The van der Waals surface area contributed by atoms with Crippen LogP contribution in [0.25, 0.3) is 0 Å². The zero-order chi connectivity index (χ0) is 13.7. The summed E-state index contributed by atoms with van der Waals surface area (Å²) in [5, 5.41) is 0. The Bertz CT molecular complexity index is 440. The molecule has 104 valence electrons. The van der Waals surface area contributed by atoms with E-state index in [2.05, 4.69) is 4.98 Å². The van der Waals surface area contributed by atoms with Gasteiger partial charge in [-0.2, -0.15) is 0 Å². The Morgan fingerprint density at radius 1 is 1.32 bits per heavy atom. The van der Waals surface area contributed by atoms with Gasteiger partial charge in [-0.15, -0.1) is 0 Å². The largest absolute Gasteiger partial charge is 0.476 e. The van der Waals surface area contributed by atoms with Gasteiger partial charge in [0.1, 0.15) is 6.61 Å². The second kappa shape index (κ2) is 6.02. The number of hydrogen-bond acceptors (Lipinski definition) is 4. The van der Waals surface area contributed by atoms with E-state index in [4.69, 9.17) is 16.2 Å². The Kier molecular flexibility index (Phi) is 4.37. The number of aromatic nitrogens is 1. The fourth-order valence-electron chi connectivity index (χ4n) is 2.44. The summed E-state index contributed by atoms with van der Waals surface area (Å²) in [5.74, 6) is -0.0745. The van der Waals surface area contributed by atoms with Crippen LogP contribution in [0.2, 0.25) is 0 Å². The second-order valence-electron chi connectivity index (χ2n) is 5.31. The monoisotopic (exact) mass is 263 g/mol. The number of amides is 1. The van der Waals surface area contributed by atoms with Crippen LogP contribution in [0.3, 0.4) is 0 Å². The predicted octanol–water partition coefficient (Wildman–Crippen LogP) is 1.61. The molecular formula is C14H21N3O2. The number of pyridine rings is 1. The zero-order valence-corrected chi connectivity index (χ0v) is 11.1. The summed E-state index contributed by atoms with van der Waals surface area (Å²) >= 11 is 0. The van der Waals surface area contributed by atoms with E-state index in [1.54, 1.807) is 12.1 Å². The molecule has 0 aliphatic heterocycles. The van der Waals surface area contributed by atoms with Crippen LogP contribution in [0.1, 0.15) is 48.9 Å². The molecule has 1 heterocycles. The molecule has 2 rings (SSSR count). The third-order valence-corrected chi connectivity index (χ3v) is 3.63. The Balaban J connectivity index is 1.97. The van der Waals surface area contributed by atoms with Gasteiger partial charge >= 0.3 is 0 Å². The quantitative estimate of drug-likeness (QED) is 0.807. The minimum atomic E-state index is -0.482. The lowest BCUT2D eigenvalue weighted by molar-refractivity contribution is 0.0999. The van der Waals surface area contributed by atoms with Crippen molar-refractivity contribution in [3.8, 4) is 5.88 Å². The Morgan fingerprint density at radius 2 is 2.00 bits per heavy atom. The first-order valence-corrected chi connectivity index (χ1v) is 6.77. The smallest absolute Gasteiger partial charge is 0.248 e. The minimum absolute atomic E-state index is 0.277. The zero-order valence-electron chi connectivity index (χ0n) is 11.1. The number of ether oxygens (including phenoxy) is 1. The summed E-state index contributed by atoms with van der Waals surface area (Å²) in [4.78, 5) is 15.2. The van der Waals surface area contributed by atoms with Gasteiger partial charge in [-0.25, -0.2) is 4.98 Å². The van der Waals surface area contributed by atoms with Gasteiger partial charge in [0.2, 0.25) is 11.8 Å². The van der Waals surface area contributed by atoms with Crippen LogP contribution in [-0.4, -0.2) is 23.0 Å². The number of nitrogens with zero attached hydrogens (tertiary/aromatic N) is 1. The third kappa shape index (κ3) is 3.92. The highest BCUT2D eigenvalue weighted by atomic mass is 16.5. The maximum atomic E-state index is 11.1. The topological polar surface area (TPSA) is 91.2 Å². The average Bonchev–Trinajstić information content (AvgIpc) is 2.62. The van der Waals surface area contributed by atoms with E-state index in [9.17, 15) is 4.79 Å². The lowest BCUT2D eigenvalue weighted by Gasteiger charge is -2.27. The molecule has 1 aromatic rings. The minimum Gasteiger partial charge on any atom is -0.476 e. The van der Waals surface area contributed by atoms with Gasteiger partial charge in [0.25, 0.3) is 0 Å². The molecular weight excluding hydrogens is 242 g/mol. The van der Waals surface area contributed by atoms with E-state index in [-0.39, 0.29) is 5.54 Å². The predicted molar refractivity (Wildman–Crippen MR) is 72.9 cm³/mol. The van der Waals surface area contributed by atoms with E-state index >= 15 is 0 Å². The fourth-order valence-corrected chi connectivity index (χ4v) is 2.44. The van der Waals surface area contributed by atoms with Crippen LogP contribution < -0.4 is 16.2 Å². The summed E-state index contributed by atoms with van der Waals surface area (Å²) in [6, 6.07) is 3.13. The third-order valence-electron chi connectivity index (χ3n) is 3.63. The lowest BCUT2D eigenvalue weighted by Crippen LogP contribution is -2.45. The van der Waals surface area contributed by atoms with E-state index in [1.165, 1.54) is 19.0 Å². The summed E-state index contributed by atoms with van der Waals surface area (Å²) in [5.41, 5.74) is 11.7. The molecule has 4 N–H and O–H groups in total. The molecule has 1 aliphatic rings. The SMILES string of the molecule is NC(=O)c1ccnc(OCC2(N)CCCCCC2)c1. The van der Waals surface area contributed by atoms with E-state index in [0.29, 0.717) is 18.1 Å². The first-order chi connectivity index (χ1) is 9.09. The molecule has 0 aromatic carbocycles. The summed E-state index contributed by atoms with van der Waals surface area (Å²) in [7, 11) is 0. The lowest BCUT2D eigenvalue weighted by atomic mass is 9.93. The molecule has 0 radical (unpaired) electrons. The highest BCUT2D eigenvalue weighted by Gasteiger charge is 2.27. The van der Waals surface area contributed by atoms with Gasteiger partial charge in [0, 0.05) is 17.8 Å². The molecule has 1 aromatic heterocycles. The van der Waals surface area contributed by atoms with Crippen molar-refractivity contribution < 1.29 is 9.53 Å². The second-order valence-corrected chi connectivity index (χ2v) is 5.31. The number of hydrogen-bond donors (Lipinski definition) is 2. The van der Waals surface area contributed by atoms with Crippen molar-refractivity contribution in [3.63, 3.8) is 0 Å². The molecule has 1 fully saturated rings. The number of primary amides is 1. The van der Waals surface area contributed by atoms with Crippen molar-refractivity contribution in [2.45, 2.75) is 44.1 Å². The number of carbonyl (C=O) groups is 1. The Labute approximate surface area is 113 Å². The summed E-state index contributed by atoms with van der Waals surface area (Å²) in [6.07, 6.45) is 8.25. The first-order valence-electron chi connectivity index (χ1n) is 6.77. The van der Waals surface area contributed by atoms with Crippen molar-refractivity contribution in [1.82, 2.24) is 4.98 Å². The van der Waals surface area contributed by atoms with Gasteiger partial charge in [0.15, 0.2) is 0 Å². The maximum absolute atomic E-state index is 11.1. The van der Waals surface area contributed by atoms with Crippen molar-refractivity contribution >= 4 is 5.91 Å². The molecule has 0 saturated heterocycles. The molecule has 5 heteroatoms. The highest BCUT2D eigenvalue weighted by molar-refractivity contribution is 5.92. The fraction of sp³-hybridized carbons (Fsp3) is 0.571. The first kappa shape index (κ1) is 13.8. The van der Waals surface area contributed by atoms with Crippen LogP contribution in [-0.2, 0) is 0 Å². The maximum Gasteiger partial charge on any atom is 0.248 e. The van der Waals surface area contributed by atoms with Crippen molar-refractivity contribution in [1.29, 1.82) is 0 Å².